The molecule has 0 bridgehead atoms. The summed E-state index contributed by atoms with van der Waals surface area (Å²) in [5.41, 5.74) is 1.17. The van der Waals surface area contributed by atoms with Crippen molar-refractivity contribution in [2.75, 3.05) is 17.2 Å². The molecule has 104 valence electrons. The Labute approximate surface area is 114 Å². The van der Waals surface area contributed by atoms with Crippen LogP contribution in [0.4, 0.5) is 20.2 Å². The smallest absolute Gasteiger partial charge is 0.274 e. The fourth-order valence-corrected chi connectivity index (χ4v) is 1.61. The SMILES string of the molecule is CCNc1ccc(C(=O)Nc2ccc(F)c(F)c2)nc1. The number of benzene rings is 1. The van der Waals surface area contributed by atoms with Gasteiger partial charge in [0.25, 0.3) is 5.91 Å². The fourth-order valence-electron chi connectivity index (χ4n) is 1.61. The minimum atomic E-state index is -1.02. The van der Waals surface area contributed by atoms with E-state index in [0.29, 0.717) is 0 Å². The van der Waals surface area contributed by atoms with Crippen molar-refractivity contribution in [3.63, 3.8) is 0 Å². The molecule has 0 unspecified atom stereocenters. The lowest BCUT2D eigenvalue weighted by atomic mass is 10.2. The highest BCUT2D eigenvalue weighted by Gasteiger charge is 2.09. The number of carbonyl (C=O) groups is 1. The van der Waals surface area contributed by atoms with Crippen LogP contribution in [0.2, 0.25) is 0 Å². The average molecular weight is 277 g/mol. The fraction of sp³-hybridized carbons (Fsp3) is 0.143. The molecule has 0 aliphatic rings. The molecule has 2 N–H and O–H groups in total. The van der Waals surface area contributed by atoms with Crippen molar-refractivity contribution in [1.29, 1.82) is 0 Å². The Kier molecular flexibility index (Phi) is 4.24. The molecule has 0 saturated heterocycles. The van der Waals surface area contributed by atoms with Crippen LogP contribution in [0, 0.1) is 11.6 Å². The highest BCUT2D eigenvalue weighted by Crippen LogP contribution is 2.14. The summed E-state index contributed by atoms with van der Waals surface area (Å²) in [6.07, 6.45) is 1.53. The molecule has 4 nitrogen and oxygen atoms in total. The number of anilines is 2. The van der Waals surface area contributed by atoms with Crippen LogP contribution >= 0.6 is 0 Å². The van der Waals surface area contributed by atoms with E-state index in [1.54, 1.807) is 12.1 Å². The number of nitrogens with zero attached hydrogens (tertiary/aromatic N) is 1. The molecule has 0 aliphatic heterocycles. The molecule has 6 heteroatoms. The van der Waals surface area contributed by atoms with Gasteiger partial charge in [0.15, 0.2) is 11.6 Å². The normalized spacial score (nSPS) is 10.2. The van der Waals surface area contributed by atoms with Gasteiger partial charge in [-0.3, -0.25) is 4.79 Å². The predicted molar refractivity (Wildman–Crippen MR) is 72.7 cm³/mol. The summed E-state index contributed by atoms with van der Waals surface area (Å²) in [6.45, 7) is 2.70. The van der Waals surface area contributed by atoms with E-state index < -0.39 is 17.5 Å². The third-order valence-corrected chi connectivity index (χ3v) is 2.55. The van der Waals surface area contributed by atoms with Gasteiger partial charge in [-0.05, 0) is 31.2 Å². The van der Waals surface area contributed by atoms with Crippen molar-refractivity contribution in [3.8, 4) is 0 Å². The van der Waals surface area contributed by atoms with Gasteiger partial charge in [0, 0.05) is 18.3 Å². The van der Waals surface area contributed by atoms with Gasteiger partial charge in [-0.2, -0.15) is 0 Å². The molecule has 0 atom stereocenters. The Hall–Kier alpha value is -2.50. The number of nitrogens with one attached hydrogen (secondary N) is 2. The highest BCUT2D eigenvalue weighted by molar-refractivity contribution is 6.02. The van der Waals surface area contributed by atoms with Crippen LogP contribution in [0.3, 0.4) is 0 Å². The molecule has 1 amide bonds. The van der Waals surface area contributed by atoms with E-state index in [9.17, 15) is 13.6 Å². The number of rotatable bonds is 4. The molecule has 0 radical (unpaired) electrons. The third kappa shape index (κ3) is 3.28. The van der Waals surface area contributed by atoms with Crippen LogP contribution in [0.15, 0.2) is 36.5 Å². The minimum absolute atomic E-state index is 0.173. The lowest BCUT2D eigenvalue weighted by Crippen LogP contribution is -2.14. The van der Waals surface area contributed by atoms with Gasteiger partial charge in [0.1, 0.15) is 5.69 Å². The highest BCUT2D eigenvalue weighted by atomic mass is 19.2. The van der Waals surface area contributed by atoms with Gasteiger partial charge in [0.2, 0.25) is 0 Å². The molecular formula is C14H13F2N3O. The first-order valence-corrected chi connectivity index (χ1v) is 6.06. The Bertz CT molecular complexity index is 614. The maximum atomic E-state index is 13.0. The zero-order chi connectivity index (χ0) is 14.5. The molecular weight excluding hydrogens is 264 g/mol. The van der Waals surface area contributed by atoms with E-state index >= 15 is 0 Å². The number of carbonyl (C=O) groups excluding carboxylic acids is 1. The van der Waals surface area contributed by atoms with E-state index in [2.05, 4.69) is 15.6 Å². The lowest BCUT2D eigenvalue weighted by molar-refractivity contribution is 0.102. The number of hydrogen-bond acceptors (Lipinski definition) is 3. The Morgan fingerprint density at radius 3 is 2.50 bits per heavy atom. The second kappa shape index (κ2) is 6.10. The standard InChI is InChI=1S/C14H13F2N3O/c1-2-17-10-4-6-13(18-8-10)14(20)19-9-3-5-11(15)12(16)7-9/h3-8,17H,2H2,1H3,(H,19,20). The zero-order valence-corrected chi connectivity index (χ0v) is 10.8. The molecule has 0 spiro atoms. The first-order chi connectivity index (χ1) is 9.60. The van der Waals surface area contributed by atoms with E-state index in [0.717, 1.165) is 24.4 Å². The Morgan fingerprint density at radius 2 is 1.90 bits per heavy atom. The Morgan fingerprint density at radius 1 is 1.15 bits per heavy atom. The second-order valence-electron chi connectivity index (χ2n) is 4.05. The maximum Gasteiger partial charge on any atom is 0.274 e. The first-order valence-electron chi connectivity index (χ1n) is 6.06. The van der Waals surface area contributed by atoms with Crippen molar-refractivity contribution in [2.45, 2.75) is 6.92 Å². The topological polar surface area (TPSA) is 54.0 Å². The van der Waals surface area contributed by atoms with Crippen LogP contribution in [-0.2, 0) is 0 Å². The summed E-state index contributed by atoms with van der Waals surface area (Å²) in [5, 5.41) is 5.50. The monoisotopic (exact) mass is 277 g/mol. The molecule has 1 aromatic carbocycles. The number of halogens is 2. The molecule has 0 aliphatic carbocycles. The summed E-state index contributed by atoms with van der Waals surface area (Å²) in [4.78, 5) is 15.9. The van der Waals surface area contributed by atoms with Crippen molar-refractivity contribution < 1.29 is 13.6 Å². The van der Waals surface area contributed by atoms with E-state index in [-0.39, 0.29) is 11.4 Å². The van der Waals surface area contributed by atoms with Gasteiger partial charge in [0.05, 0.1) is 11.9 Å². The van der Waals surface area contributed by atoms with Gasteiger partial charge in [-0.15, -0.1) is 0 Å². The predicted octanol–water partition coefficient (Wildman–Crippen LogP) is 3.04. The largest absolute Gasteiger partial charge is 0.384 e. The van der Waals surface area contributed by atoms with Gasteiger partial charge in [-0.25, -0.2) is 13.8 Å². The lowest BCUT2D eigenvalue weighted by Gasteiger charge is -2.06. The van der Waals surface area contributed by atoms with Crippen LogP contribution < -0.4 is 10.6 Å². The van der Waals surface area contributed by atoms with Crippen molar-refractivity contribution in [1.82, 2.24) is 4.98 Å². The molecule has 0 saturated carbocycles. The van der Waals surface area contributed by atoms with E-state index in [1.807, 2.05) is 6.92 Å². The van der Waals surface area contributed by atoms with Crippen molar-refractivity contribution in [3.05, 3.63) is 53.9 Å². The van der Waals surface area contributed by atoms with Gasteiger partial charge >= 0.3 is 0 Å². The molecule has 0 fully saturated rings. The molecule has 20 heavy (non-hydrogen) atoms. The quantitative estimate of drug-likeness (QED) is 0.903. The van der Waals surface area contributed by atoms with Crippen LogP contribution in [0.5, 0.6) is 0 Å². The van der Waals surface area contributed by atoms with E-state index in [4.69, 9.17) is 0 Å². The molecule has 1 aromatic heterocycles. The zero-order valence-electron chi connectivity index (χ0n) is 10.8. The van der Waals surface area contributed by atoms with Crippen molar-refractivity contribution in [2.24, 2.45) is 0 Å². The number of amides is 1. The summed E-state index contributed by atoms with van der Waals surface area (Å²) < 4.78 is 25.8. The summed E-state index contributed by atoms with van der Waals surface area (Å²) >= 11 is 0. The first kappa shape index (κ1) is 13.9. The van der Waals surface area contributed by atoms with Gasteiger partial charge in [-0.1, -0.05) is 0 Å². The molecule has 2 aromatic rings. The van der Waals surface area contributed by atoms with Gasteiger partial charge < -0.3 is 10.6 Å². The maximum absolute atomic E-state index is 13.0. The average Bonchev–Trinajstić information content (AvgIpc) is 2.44. The minimum Gasteiger partial charge on any atom is -0.384 e. The molecule has 2 rings (SSSR count). The van der Waals surface area contributed by atoms with E-state index in [1.165, 1.54) is 12.3 Å². The number of pyridine rings is 1. The second-order valence-corrected chi connectivity index (χ2v) is 4.05. The Balaban J connectivity index is 2.09. The van der Waals surface area contributed by atoms with Crippen LogP contribution in [0.1, 0.15) is 17.4 Å². The van der Waals surface area contributed by atoms with Crippen molar-refractivity contribution >= 4 is 17.3 Å². The van der Waals surface area contributed by atoms with Crippen LogP contribution in [0.25, 0.3) is 0 Å². The third-order valence-electron chi connectivity index (χ3n) is 2.55. The number of hydrogen-bond donors (Lipinski definition) is 2. The summed E-state index contributed by atoms with van der Waals surface area (Å²) in [5.74, 6) is -2.46. The van der Waals surface area contributed by atoms with Crippen LogP contribution in [-0.4, -0.2) is 17.4 Å². The molecule has 1 heterocycles. The summed E-state index contributed by atoms with van der Waals surface area (Å²) in [6, 6.07) is 6.42. The summed E-state index contributed by atoms with van der Waals surface area (Å²) in [7, 11) is 0. The number of aromatic nitrogens is 1.